The lowest BCUT2D eigenvalue weighted by molar-refractivity contribution is -0.175. The second kappa shape index (κ2) is 7.99. The standard InChI is InChI=1S/C23H26F3N7O/c1-13-29-30-22(34-13)32-11-15-7-8-16(12-32)19(15)27-21-28-20-17(14-5-3-2-4-6-14)9-10-18(23(24,25)26)33(20)31-21/h2-6,15-19H,7-12H2,1H3,(H,27,31)/t15-,16+,17?,18?,19?. The van der Waals surface area contributed by atoms with Crippen LogP contribution in [0.1, 0.15) is 54.9 Å². The van der Waals surface area contributed by atoms with Gasteiger partial charge in [-0.05, 0) is 43.1 Å². The SMILES string of the molecule is Cc1nnc(N2C[C@H]3CC[C@@H](C2)C3Nc2nc3n(n2)C(C(F)(F)F)CCC3c2ccccc2)o1. The van der Waals surface area contributed by atoms with Gasteiger partial charge in [0.15, 0.2) is 0 Å². The first-order valence-electron chi connectivity index (χ1n) is 11.8. The molecule has 3 aliphatic rings. The molecule has 3 aromatic rings. The van der Waals surface area contributed by atoms with E-state index in [1.54, 1.807) is 6.92 Å². The minimum Gasteiger partial charge on any atom is -0.408 e. The van der Waals surface area contributed by atoms with Crippen molar-refractivity contribution < 1.29 is 17.6 Å². The van der Waals surface area contributed by atoms with Crippen molar-refractivity contribution in [1.29, 1.82) is 0 Å². The molecule has 0 spiro atoms. The molecule has 4 heterocycles. The Kier molecular flexibility index (Phi) is 5.03. The molecule has 3 unspecified atom stereocenters. The molecule has 11 heteroatoms. The molecular formula is C23H26F3N7O. The highest BCUT2D eigenvalue weighted by atomic mass is 19.4. The van der Waals surface area contributed by atoms with Crippen molar-refractivity contribution in [3.63, 3.8) is 0 Å². The van der Waals surface area contributed by atoms with Crippen molar-refractivity contribution in [2.24, 2.45) is 11.8 Å². The number of hydrogen-bond acceptors (Lipinski definition) is 7. The third kappa shape index (κ3) is 3.70. The maximum atomic E-state index is 13.8. The van der Waals surface area contributed by atoms with E-state index < -0.39 is 12.2 Å². The van der Waals surface area contributed by atoms with Crippen LogP contribution in [0.3, 0.4) is 0 Å². The van der Waals surface area contributed by atoms with Crippen LogP contribution in [0.2, 0.25) is 0 Å². The van der Waals surface area contributed by atoms with E-state index >= 15 is 0 Å². The fourth-order valence-electron chi connectivity index (χ4n) is 5.92. The molecule has 1 aromatic carbocycles. The van der Waals surface area contributed by atoms with E-state index in [4.69, 9.17) is 4.42 Å². The summed E-state index contributed by atoms with van der Waals surface area (Å²) in [7, 11) is 0. The molecule has 2 bridgehead atoms. The number of halogens is 3. The minimum atomic E-state index is -4.37. The summed E-state index contributed by atoms with van der Waals surface area (Å²) in [5.41, 5.74) is 0.964. The van der Waals surface area contributed by atoms with Gasteiger partial charge in [-0.2, -0.15) is 18.2 Å². The molecule has 6 rings (SSSR count). The van der Waals surface area contributed by atoms with Gasteiger partial charge in [-0.1, -0.05) is 35.4 Å². The topological polar surface area (TPSA) is 84.9 Å². The smallest absolute Gasteiger partial charge is 0.408 e. The van der Waals surface area contributed by atoms with Gasteiger partial charge in [0.25, 0.3) is 0 Å². The number of alkyl halides is 3. The second-order valence-corrected chi connectivity index (χ2v) is 9.61. The Balaban J connectivity index is 1.26. The van der Waals surface area contributed by atoms with Crippen molar-refractivity contribution in [2.75, 3.05) is 23.3 Å². The molecule has 34 heavy (non-hydrogen) atoms. The van der Waals surface area contributed by atoms with E-state index in [0.717, 1.165) is 36.2 Å². The van der Waals surface area contributed by atoms with Crippen LogP contribution in [0.25, 0.3) is 0 Å². The van der Waals surface area contributed by atoms with Crippen LogP contribution in [0, 0.1) is 18.8 Å². The molecule has 2 fully saturated rings. The van der Waals surface area contributed by atoms with Gasteiger partial charge in [0, 0.05) is 32.0 Å². The fourth-order valence-corrected chi connectivity index (χ4v) is 5.92. The van der Waals surface area contributed by atoms with Crippen molar-refractivity contribution in [3.05, 3.63) is 47.6 Å². The molecule has 2 aromatic heterocycles. The Bertz CT molecular complexity index is 1150. The van der Waals surface area contributed by atoms with Gasteiger partial charge in [0.2, 0.25) is 11.8 Å². The lowest BCUT2D eigenvalue weighted by atomic mass is 9.88. The van der Waals surface area contributed by atoms with Gasteiger partial charge in [-0.15, -0.1) is 10.2 Å². The third-order valence-corrected chi connectivity index (χ3v) is 7.49. The van der Waals surface area contributed by atoms with E-state index in [1.807, 2.05) is 30.3 Å². The number of aromatic nitrogens is 5. The highest BCUT2D eigenvalue weighted by Crippen LogP contribution is 2.45. The van der Waals surface area contributed by atoms with Crippen molar-refractivity contribution in [2.45, 2.75) is 56.8 Å². The summed E-state index contributed by atoms with van der Waals surface area (Å²) in [5, 5.41) is 15.9. The van der Waals surface area contributed by atoms with Gasteiger partial charge in [0.05, 0.1) is 0 Å². The Morgan fingerprint density at radius 2 is 1.74 bits per heavy atom. The van der Waals surface area contributed by atoms with Gasteiger partial charge in [0.1, 0.15) is 11.9 Å². The summed E-state index contributed by atoms with van der Waals surface area (Å²) < 4.78 is 48.2. The highest BCUT2D eigenvalue weighted by molar-refractivity contribution is 5.36. The maximum Gasteiger partial charge on any atom is 0.410 e. The van der Waals surface area contributed by atoms with Gasteiger partial charge >= 0.3 is 12.2 Å². The van der Waals surface area contributed by atoms with Crippen molar-refractivity contribution in [1.82, 2.24) is 25.0 Å². The molecule has 1 aliphatic carbocycles. The Labute approximate surface area is 194 Å². The average Bonchev–Trinajstić information content (AvgIpc) is 3.48. The molecule has 2 aliphatic heterocycles. The molecule has 0 radical (unpaired) electrons. The van der Waals surface area contributed by atoms with Gasteiger partial charge in [-0.3, -0.25) is 0 Å². The maximum absolute atomic E-state index is 13.8. The van der Waals surface area contributed by atoms with E-state index in [-0.39, 0.29) is 24.3 Å². The lowest BCUT2D eigenvalue weighted by Gasteiger charge is -2.37. The zero-order valence-electron chi connectivity index (χ0n) is 18.7. The van der Waals surface area contributed by atoms with Crippen LogP contribution in [0.15, 0.2) is 34.7 Å². The van der Waals surface area contributed by atoms with E-state index in [9.17, 15) is 13.2 Å². The van der Waals surface area contributed by atoms with Crippen LogP contribution in [0.4, 0.5) is 25.1 Å². The van der Waals surface area contributed by atoms with Crippen LogP contribution in [-0.2, 0) is 0 Å². The second-order valence-electron chi connectivity index (χ2n) is 9.61. The largest absolute Gasteiger partial charge is 0.410 e. The van der Waals surface area contributed by atoms with Crippen LogP contribution < -0.4 is 10.2 Å². The number of hydrogen-bond donors (Lipinski definition) is 1. The number of aryl methyl sites for hydroxylation is 1. The van der Waals surface area contributed by atoms with Crippen LogP contribution in [0.5, 0.6) is 0 Å². The molecular weight excluding hydrogens is 447 g/mol. The summed E-state index contributed by atoms with van der Waals surface area (Å²) in [5.74, 6) is 1.60. The summed E-state index contributed by atoms with van der Waals surface area (Å²) in [6.45, 7) is 3.27. The number of benzene rings is 1. The molecule has 1 saturated heterocycles. The monoisotopic (exact) mass is 473 g/mol. The summed E-state index contributed by atoms with van der Waals surface area (Å²) in [4.78, 5) is 6.74. The minimum absolute atomic E-state index is 0.00784. The first-order chi connectivity index (χ1) is 16.4. The first-order valence-corrected chi connectivity index (χ1v) is 11.8. The zero-order valence-corrected chi connectivity index (χ0v) is 18.7. The van der Waals surface area contributed by atoms with Crippen LogP contribution >= 0.6 is 0 Å². The van der Waals surface area contributed by atoms with E-state index in [1.165, 1.54) is 0 Å². The predicted molar refractivity (Wildman–Crippen MR) is 118 cm³/mol. The molecule has 1 N–H and O–H groups in total. The molecule has 1 saturated carbocycles. The highest BCUT2D eigenvalue weighted by Gasteiger charge is 2.48. The van der Waals surface area contributed by atoms with Gasteiger partial charge < -0.3 is 14.6 Å². The van der Waals surface area contributed by atoms with Crippen molar-refractivity contribution >= 4 is 12.0 Å². The molecule has 180 valence electrons. The number of fused-ring (bicyclic) bond motifs is 3. The number of piperidine rings is 1. The normalized spacial score (nSPS) is 28.7. The summed E-state index contributed by atoms with van der Waals surface area (Å²) in [6.07, 6.45) is -1.94. The van der Waals surface area contributed by atoms with Gasteiger partial charge in [-0.25, -0.2) is 4.68 Å². The Morgan fingerprint density at radius 3 is 2.38 bits per heavy atom. The zero-order chi connectivity index (χ0) is 23.4. The molecule has 8 nitrogen and oxygen atoms in total. The first kappa shape index (κ1) is 21.4. The van der Waals surface area contributed by atoms with E-state index in [2.05, 4.69) is 30.5 Å². The fraction of sp³-hybridized carbons (Fsp3) is 0.565. The van der Waals surface area contributed by atoms with Crippen molar-refractivity contribution in [3.8, 4) is 0 Å². The lowest BCUT2D eigenvalue weighted by Crippen LogP contribution is -2.48. The summed E-state index contributed by atoms with van der Waals surface area (Å²) in [6, 6.07) is 8.58. The number of rotatable bonds is 4. The quantitative estimate of drug-likeness (QED) is 0.604. The molecule has 5 atom stereocenters. The van der Waals surface area contributed by atoms with E-state index in [0.29, 0.717) is 36.0 Å². The average molecular weight is 474 g/mol. The number of nitrogens with zero attached hydrogens (tertiary/aromatic N) is 6. The predicted octanol–water partition coefficient (Wildman–Crippen LogP) is 4.33. The molecule has 0 amide bonds. The number of anilines is 2. The number of nitrogens with one attached hydrogen (secondary N) is 1. The third-order valence-electron chi connectivity index (χ3n) is 7.49. The van der Waals surface area contributed by atoms with Crippen LogP contribution in [-0.4, -0.2) is 50.3 Å². The Hall–Kier alpha value is -3.11. The Morgan fingerprint density at radius 1 is 1.00 bits per heavy atom. The summed E-state index contributed by atoms with van der Waals surface area (Å²) >= 11 is 0.